The minimum Gasteiger partial charge on any atom is -0.192 e. The van der Waals surface area contributed by atoms with Crippen molar-refractivity contribution in [1.82, 2.24) is 0 Å². The van der Waals surface area contributed by atoms with Gasteiger partial charge in [-0.25, -0.2) is 0 Å². The van der Waals surface area contributed by atoms with Crippen molar-refractivity contribution in [2.24, 2.45) is 0 Å². The van der Waals surface area contributed by atoms with E-state index in [4.69, 9.17) is 5.26 Å². The lowest BCUT2D eigenvalue weighted by Gasteiger charge is -2.06. The molecule has 1 rings (SSSR count). The maximum Gasteiger partial charge on any atom is 0.0991 e. The van der Waals surface area contributed by atoms with Crippen molar-refractivity contribution in [3.8, 4) is 6.07 Å². The summed E-state index contributed by atoms with van der Waals surface area (Å²) < 4.78 is 0. The molecule has 1 aromatic rings. The van der Waals surface area contributed by atoms with E-state index in [2.05, 4.69) is 22.0 Å². The molecule has 0 radical (unpaired) electrons. The number of benzene rings is 1. The van der Waals surface area contributed by atoms with E-state index in [0.29, 0.717) is 0 Å². The Labute approximate surface area is 81.2 Å². The van der Waals surface area contributed by atoms with Gasteiger partial charge in [0, 0.05) is 5.33 Å². The summed E-state index contributed by atoms with van der Waals surface area (Å²) in [7, 11) is 0. The van der Waals surface area contributed by atoms with Crippen molar-refractivity contribution in [3.63, 3.8) is 0 Å². The summed E-state index contributed by atoms with van der Waals surface area (Å²) in [5.74, 6) is 0. The first-order valence-corrected chi connectivity index (χ1v) is 4.87. The minimum absolute atomic E-state index is 0.745. The first-order chi connectivity index (χ1) is 5.69. The van der Waals surface area contributed by atoms with Crippen LogP contribution in [0, 0.1) is 25.2 Å². The molecule has 0 fully saturated rings. The number of halogens is 1. The smallest absolute Gasteiger partial charge is 0.0991 e. The van der Waals surface area contributed by atoms with Gasteiger partial charge in [-0.1, -0.05) is 15.9 Å². The number of hydrogen-bond donors (Lipinski definition) is 0. The van der Waals surface area contributed by atoms with Crippen molar-refractivity contribution in [1.29, 1.82) is 5.26 Å². The molecule has 0 saturated carbocycles. The second-order valence-electron chi connectivity index (χ2n) is 2.83. The Bertz CT molecular complexity index is 313. The van der Waals surface area contributed by atoms with Gasteiger partial charge in [-0.3, -0.25) is 0 Å². The van der Waals surface area contributed by atoms with Gasteiger partial charge in [0.2, 0.25) is 0 Å². The van der Waals surface area contributed by atoms with Crippen LogP contribution in [0.1, 0.15) is 22.3 Å². The Balaban J connectivity index is 3.30. The fourth-order valence-electron chi connectivity index (χ4n) is 1.27. The van der Waals surface area contributed by atoms with Gasteiger partial charge < -0.3 is 0 Å². The molecule has 0 N–H and O–H groups in total. The van der Waals surface area contributed by atoms with Gasteiger partial charge in [-0.2, -0.15) is 5.26 Å². The number of nitriles is 1. The van der Waals surface area contributed by atoms with Crippen LogP contribution in [0.4, 0.5) is 0 Å². The van der Waals surface area contributed by atoms with E-state index < -0.39 is 0 Å². The molecule has 0 aliphatic carbocycles. The van der Waals surface area contributed by atoms with E-state index in [-0.39, 0.29) is 0 Å². The summed E-state index contributed by atoms with van der Waals surface area (Å²) in [6.45, 7) is 4.06. The molecule has 1 nitrogen and oxygen atoms in total. The molecule has 0 aliphatic heterocycles. The highest BCUT2D eigenvalue weighted by Crippen LogP contribution is 2.18. The molecule has 0 saturated heterocycles. The summed E-state index contributed by atoms with van der Waals surface area (Å²) in [5, 5.41) is 9.55. The molecule has 0 aliphatic rings. The Morgan fingerprint density at radius 2 is 1.83 bits per heavy atom. The van der Waals surface area contributed by atoms with E-state index in [1.165, 1.54) is 16.7 Å². The van der Waals surface area contributed by atoms with Crippen LogP contribution in [0.3, 0.4) is 0 Å². The van der Waals surface area contributed by atoms with Crippen LogP contribution >= 0.6 is 15.9 Å². The number of nitrogens with zero attached hydrogens (tertiary/aromatic N) is 1. The molecule has 0 heterocycles. The third-order valence-corrected chi connectivity index (χ3v) is 2.52. The van der Waals surface area contributed by atoms with E-state index in [0.717, 1.165) is 10.9 Å². The van der Waals surface area contributed by atoms with Crippen molar-refractivity contribution in [3.05, 3.63) is 34.4 Å². The highest BCUT2D eigenvalue weighted by Gasteiger charge is 2.02. The van der Waals surface area contributed by atoms with E-state index in [1.807, 2.05) is 26.0 Å². The topological polar surface area (TPSA) is 23.8 Å². The fraction of sp³-hybridized carbons (Fsp3) is 0.300. The molecular weight excluding hydrogens is 214 g/mol. The molecule has 1 aromatic carbocycles. The molecule has 2 heteroatoms. The van der Waals surface area contributed by atoms with Crippen LogP contribution in [0.2, 0.25) is 0 Å². The monoisotopic (exact) mass is 223 g/mol. The van der Waals surface area contributed by atoms with Crippen molar-refractivity contribution < 1.29 is 0 Å². The zero-order chi connectivity index (χ0) is 9.14. The SMILES string of the molecule is Cc1cc(C#N)cc(C)c1CBr. The van der Waals surface area contributed by atoms with Gasteiger partial charge in [0.05, 0.1) is 11.6 Å². The molecular formula is C10H10BrN. The number of hydrogen-bond acceptors (Lipinski definition) is 1. The predicted molar refractivity (Wildman–Crippen MR) is 53.3 cm³/mol. The molecule has 12 heavy (non-hydrogen) atoms. The Morgan fingerprint density at radius 3 is 2.17 bits per heavy atom. The molecule has 0 unspecified atom stereocenters. The van der Waals surface area contributed by atoms with Gasteiger partial charge in [-0.05, 0) is 42.7 Å². The lowest BCUT2D eigenvalue weighted by molar-refractivity contribution is 1.24. The molecule has 62 valence electrons. The van der Waals surface area contributed by atoms with E-state index >= 15 is 0 Å². The second-order valence-corrected chi connectivity index (χ2v) is 3.39. The van der Waals surface area contributed by atoms with E-state index in [1.54, 1.807) is 0 Å². The largest absolute Gasteiger partial charge is 0.192 e. The van der Waals surface area contributed by atoms with E-state index in [9.17, 15) is 0 Å². The summed E-state index contributed by atoms with van der Waals surface area (Å²) in [6, 6.07) is 5.99. The van der Waals surface area contributed by atoms with Crippen LogP contribution in [-0.2, 0) is 5.33 Å². The van der Waals surface area contributed by atoms with Crippen molar-refractivity contribution >= 4 is 15.9 Å². The Hall–Kier alpha value is -0.810. The standard InChI is InChI=1S/C10H10BrN/c1-7-3-9(6-12)4-8(2)10(7)5-11/h3-4H,5H2,1-2H3. The van der Waals surface area contributed by atoms with Gasteiger partial charge in [0.15, 0.2) is 0 Å². The number of alkyl halides is 1. The first kappa shape index (κ1) is 9.28. The van der Waals surface area contributed by atoms with Crippen molar-refractivity contribution in [2.75, 3.05) is 0 Å². The fourth-order valence-corrected chi connectivity index (χ4v) is 2.15. The van der Waals surface area contributed by atoms with Gasteiger partial charge in [0.25, 0.3) is 0 Å². The molecule has 0 amide bonds. The Morgan fingerprint density at radius 1 is 1.33 bits per heavy atom. The second kappa shape index (κ2) is 3.73. The molecule has 0 bridgehead atoms. The molecule has 0 spiro atoms. The third kappa shape index (κ3) is 1.67. The number of rotatable bonds is 1. The maximum atomic E-state index is 8.69. The highest BCUT2D eigenvalue weighted by molar-refractivity contribution is 9.08. The molecule has 0 aromatic heterocycles. The zero-order valence-corrected chi connectivity index (χ0v) is 8.77. The lowest BCUT2D eigenvalue weighted by Crippen LogP contribution is -1.91. The summed E-state index contributed by atoms with van der Waals surface area (Å²) in [6.07, 6.45) is 0. The van der Waals surface area contributed by atoms with Gasteiger partial charge >= 0.3 is 0 Å². The van der Waals surface area contributed by atoms with Gasteiger partial charge in [-0.15, -0.1) is 0 Å². The van der Waals surface area contributed by atoms with Crippen LogP contribution < -0.4 is 0 Å². The quantitative estimate of drug-likeness (QED) is 0.672. The third-order valence-electron chi connectivity index (χ3n) is 1.96. The average molecular weight is 224 g/mol. The van der Waals surface area contributed by atoms with Gasteiger partial charge in [0.1, 0.15) is 0 Å². The molecule has 0 atom stereocenters. The Kier molecular flexibility index (Phi) is 2.88. The highest BCUT2D eigenvalue weighted by atomic mass is 79.9. The van der Waals surface area contributed by atoms with Crippen LogP contribution in [-0.4, -0.2) is 0 Å². The maximum absolute atomic E-state index is 8.69. The normalized spacial score (nSPS) is 9.50. The summed E-state index contributed by atoms with van der Waals surface area (Å²) in [4.78, 5) is 0. The zero-order valence-electron chi connectivity index (χ0n) is 7.19. The predicted octanol–water partition coefficient (Wildman–Crippen LogP) is 3.07. The summed E-state index contributed by atoms with van der Waals surface area (Å²) >= 11 is 3.42. The average Bonchev–Trinajstić information content (AvgIpc) is 2.03. The minimum atomic E-state index is 0.745. The van der Waals surface area contributed by atoms with Crippen LogP contribution in [0.5, 0.6) is 0 Å². The lowest BCUT2D eigenvalue weighted by atomic mass is 10.0. The van der Waals surface area contributed by atoms with Crippen LogP contribution in [0.15, 0.2) is 12.1 Å². The summed E-state index contributed by atoms with van der Waals surface area (Å²) in [5.41, 5.74) is 4.40. The number of aryl methyl sites for hydroxylation is 2. The first-order valence-electron chi connectivity index (χ1n) is 3.75. The van der Waals surface area contributed by atoms with Crippen molar-refractivity contribution in [2.45, 2.75) is 19.2 Å². The van der Waals surface area contributed by atoms with Crippen LogP contribution in [0.25, 0.3) is 0 Å².